The van der Waals surface area contributed by atoms with Crippen molar-refractivity contribution in [2.45, 2.75) is 31.6 Å². The molecule has 0 unspecified atom stereocenters. The number of halogens is 1. The SMILES string of the molecule is Cc1cccc(CN2CCC(S(N)(=O)=O)CC2)c1Br. The Labute approximate surface area is 123 Å². The predicted molar refractivity (Wildman–Crippen MR) is 80.3 cm³/mol. The molecule has 0 saturated carbocycles. The van der Waals surface area contributed by atoms with Crippen LogP contribution in [0, 0.1) is 6.92 Å². The summed E-state index contributed by atoms with van der Waals surface area (Å²) in [6.45, 7) is 4.48. The van der Waals surface area contributed by atoms with Crippen LogP contribution in [-0.4, -0.2) is 31.7 Å². The van der Waals surface area contributed by atoms with Gasteiger partial charge in [-0.15, -0.1) is 0 Å². The quantitative estimate of drug-likeness (QED) is 0.910. The molecule has 0 aliphatic carbocycles. The third-order valence-corrected chi connectivity index (χ3v) is 6.20. The minimum Gasteiger partial charge on any atom is -0.299 e. The molecule has 1 fully saturated rings. The number of piperidine rings is 1. The fourth-order valence-corrected chi connectivity index (χ4v) is 3.72. The molecule has 1 aliphatic rings. The molecule has 1 heterocycles. The largest absolute Gasteiger partial charge is 0.299 e. The van der Waals surface area contributed by atoms with Crippen LogP contribution in [0.2, 0.25) is 0 Å². The van der Waals surface area contributed by atoms with Gasteiger partial charge in [0.15, 0.2) is 0 Å². The number of sulfonamides is 1. The van der Waals surface area contributed by atoms with E-state index in [2.05, 4.69) is 39.9 Å². The summed E-state index contributed by atoms with van der Waals surface area (Å²) in [6.07, 6.45) is 1.25. The zero-order valence-corrected chi connectivity index (χ0v) is 13.4. The molecule has 1 saturated heterocycles. The molecule has 0 radical (unpaired) electrons. The van der Waals surface area contributed by atoms with Crippen molar-refractivity contribution in [3.8, 4) is 0 Å². The second-order valence-corrected chi connectivity index (χ2v) is 7.75. The van der Waals surface area contributed by atoms with E-state index in [1.54, 1.807) is 0 Å². The molecule has 6 heteroatoms. The molecule has 0 bridgehead atoms. The summed E-state index contributed by atoms with van der Waals surface area (Å²) in [5.41, 5.74) is 2.46. The van der Waals surface area contributed by atoms with Crippen LogP contribution in [0.5, 0.6) is 0 Å². The van der Waals surface area contributed by atoms with Crippen molar-refractivity contribution in [1.29, 1.82) is 0 Å². The Bertz CT molecular complexity index is 552. The number of hydrogen-bond acceptors (Lipinski definition) is 3. The first kappa shape index (κ1) is 15.0. The van der Waals surface area contributed by atoms with Crippen molar-refractivity contribution >= 4 is 26.0 Å². The maximum absolute atomic E-state index is 11.3. The minimum atomic E-state index is -3.37. The van der Waals surface area contributed by atoms with Crippen molar-refractivity contribution in [1.82, 2.24) is 4.90 Å². The highest BCUT2D eigenvalue weighted by Gasteiger charge is 2.27. The molecule has 19 heavy (non-hydrogen) atoms. The highest BCUT2D eigenvalue weighted by atomic mass is 79.9. The summed E-state index contributed by atoms with van der Waals surface area (Å²) < 4.78 is 23.7. The standard InChI is InChI=1S/C13H19BrN2O2S/c1-10-3-2-4-11(13(10)14)9-16-7-5-12(6-8-16)19(15,17)18/h2-4,12H,5-9H2,1H3,(H2,15,17,18). The molecule has 2 N–H and O–H groups in total. The smallest absolute Gasteiger partial charge is 0.212 e. The Hall–Kier alpha value is -0.430. The summed E-state index contributed by atoms with van der Waals surface area (Å²) in [5, 5.41) is 4.83. The Kier molecular flexibility index (Phi) is 4.66. The minimum absolute atomic E-state index is 0.371. The van der Waals surface area contributed by atoms with Crippen molar-refractivity contribution in [3.63, 3.8) is 0 Å². The first-order valence-corrected chi connectivity index (χ1v) is 8.76. The first-order chi connectivity index (χ1) is 8.88. The normalized spacial score (nSPS) is 18.7. The zero-order valence-electron chi connectivity index (χ0n) is 11.0. The van der Waals surface area contributed by atoms with Gasteiger partial charge in [0.05, 0.1) is 5.25 Å². The Morgan fingerprint density at radius 2 is 2.00 bits per heavy atom. The van der Waals surface area contributed by atoms with Crippen LogP contribution in [-0.2, 0) is 16.6 Å². The van der Waals surface area contributed by atoms with Gasteiger partial charge in [0.1, 0.15) is 0 Å². The van der Waals surface area contributed by atoms with Crippen LogP contribution in [0.15, 0.2) is 22.7 Å². The zero-order chi connectivity index (χ0) is 14.0. The number of nitrogens with zero attached hydrogens (tertiary/aromatic N) is 1. The van der Waals surface area contributed by atoms with Crippen molar-refractivity contribution in [3.05, 3.63) is 33.8 Å². The summed E-state index contributed by atoms with van der Waals surface area (Å²) in [5.74, 6) is 0. The Morgan fingerprint density at radius 3 is 2.58 bits per heavy atom. The van der Waals surface area contributed by atoms with Crippen molar-refractivity contribution < 1.29 is 8.42 Å². The Morgan fingerprint density at radius 1 is 1.37 bits per heavy atom. The van der Waals surface area contributed by atoms with Gasteiger partial charge in [0.25, 0.3) is 0 Å². The van der Waals surface area contributed by atoms with E-state index in [0.717, 1.165) is 24.1 Å². The fourth-order valence-electron chi connectivity index (χ4n) is 2.47. The lowest BCUT2D eigenvalue weighted by molar-refractivity contribution is 0.221. The summed E-state index contributed by atoms with van der Waals surface area (Å²) >= 11 is 3.61. The molecule has 1 aromatic rings. The maximum Gasteiger partial charge on any atom is 0.212 e. The summed E-state index contributed by atoms with van der Waals surface area (Å²) in [6, 6.07) is 6.22. The van der Waals surface area contributed by atoms with Gasteiger partial charge in [-0.05, 0) is 44.0 Å². The van der Waals surface area contributed by atoms with E-state index in [0.29, 0.717) is 12.8 Å². The molecule has 0 amide bonds. The highest BCUT2D eigenvalue weighted by Crippen LogP contribution is 2.24. The lowest BCUT2D eigenvalue weighted by atomic mass is 10.1. The monoisotopic (exact) mass is 346 g/mol. The van der Waals surface area contributed by atoms with E-state index in [1.165, 1.54) is 11.1 Å². The van der Waals surface area contributed by atoms with E-state index in [9.17, 15) is 8.42 Å². The molecule has 0 atom stereocenters. The van der Waals surface area contributed by atoms with E-state index in [4.69, 9.17) is 5.14 Å². The van der Waals surface area contributed by atoms with Gasteiger partial charge in [-0.25, -0.2) is 13.6 Å². The van der Waals surface area contributed by atoms with Gasteiger partial charge >= 0.3 is 0 Å². The topological polar surface area (TPSA) is 63.4 Å². The van der Waals surface area contributed by atoms with Gasteiger partial charge in [-0.1, -0.05) is 34.1 Å². The lowest BCUT2D eigenvalue weighted by Crippen LogP contribution is -2.41. The van der Waals surface area contributed by atoms with Crippen LogP contribution in [0.3, 0.4) is 0 Å². The molecule has 4 nitrogen and oxygen atoms in total. The van der Waals surface area contributed by atoms with Crippen LogP contribution in [0.4, 0.5) is 0 Å². The van der Waals surface area contributed by atoms with E-state index in [1.807, 2.05) is 6.07 Å². The number of hydrogen-bond donors (Lipinski definition) is 1. The van der Waals surface area contributed by atoms with Gasteiger partial charge < -0.3 is 0 Å². The van der Waals surface area contributed by atoms with Crippen molar-refractivity contribution in [2.75, 3.05) is 13.1 Å². The number of rotatable bonds is 3. The second-order valence-electron chi connectivity index (χ2n) is 5.11. The molecule has 0 spiro atoms. The van der Waals surface area contributed by atoms with Crippen molar-refractivity contribution in [2.24, 2.45) is 5.14 Å². The Balaban J connectivity index is 1.98. The van der Waals surface area contributed by atoms with Crippen LogP contribution in [0.1, 0.15) is 24.0 Å². The van der Waals surface area contributed by atoms with Gasteiger partial charge in [0, 0.05) is 11.0 Å². The average Bonchev–Trinajstić information content (AvgIpc) is 2.35. The third kappa shape index (κ3) is 3.78. The fraction of sp³-hybridized carbons (Fsp3) is 0.538. The summed E-state index contributed by atoms with van der Waals surface area (Å²) in [7, 11) is -3.37. The average molecular weight is 347 g/mol. The van der Waals surface area contributed by atoms with Crippen LogP contribution < -0.4 is 5.14 Å². The lowest BCUT2D eigenvalue weighted by Gasteiger charge is -2.31. The number of likely N-dealkylation sites (tertiary alicyclic amines) is 1. The molecule has 106 valence electrons. The maximum atomic E-state index is 11.3. The molecule has 1 aliphatic heterocycles. The number of aryl methyl sites for hydroxylation is 1. The van der Waals surface area contributed by atoms with Gasteiger partial charge in [-0.2, -0.15) is 0 Å². The number of primary sulfonamides is 1. The molecular formula is C13H19BrN2O2S. The summed E-state index contributed by atoms with van der Waals surface area (Å²) in [4.78, 5) is 2.28. The molecule has 0 aromatic heterocycles. The first-order valence-electron chi connectivity index (χ1n) is 6.36. The molecule has 2 rings (SSSR count). The predicted octanol–water partition coefficient (Wildman–Crippen LogP) is 2.01. The van der Waals surface area contributed by atoms with Gasteiger partial charge in [0.2, 0.25) is 10.0 Å². The van der Waals surface area contributed by atoms with E-state index >= 15 is 0 Å². The molecular weight excluding hydrogens is 328 g/mol. The van der Waals surface area contributed by atoms with Gasteiger partial charge in [-0.3, -0.25) is 4.90 Å². The number of benzene rings is 1. The van der Waals surface area contributed by atoms with Crippen LogP contribution >= 0.6 is 15.9 Å². The highest BCUT2D eigenvalue weighted by molar-refractivity contribution is 9.10. The van der Waals surface area contributed by atoms with E-state index < -0.39 is 10.0 Å². The van der Waals surface area contributed by atoms with E-state index in [-0.39, 0.29) is 5.25 Å². The molecule has 1 aromatic carbocycles. The third-order valence-electron chi connectivity index (χ3n) is 3.66. The number of nitrogens with two attached hydrogens (primary N) is 1. The van der Waals surface area contributed by atoms with Crippen LogP contribution in [0.25, 0.3) is 0 Å². The second kappa shape index (κ2) is 5.91.